The summed E-state index contributed by atoms with van der Waals surface area (Å²) in [6.45, 7) is 1.69. The fourth-order valence-electron chi connectivity index (χ4n) is 3.07. The van der Waals surface area contributed by atoms with Crippen molar-refractivity contribution in [1.29, 1.82) is 5.26 Å². The number of nitrogens with zero attached hydrogens (tertiary/aromatic N) is 3. The zero-order valence-corrected chi connectivity index (χ0v) is 15.5. The minimum absolute atomic E-state index is 0.0302. The highest BCUT2D eigenvalue weighted by Gasteiger charge is 2.24. The second-order valence-corrected chi connectivity index (χ2v) is 6.91. The van der Waals surface area contributed by atoms with E-state index >= 15 is 0 Å². The number of halogens is 2. The molecule has 0 atom stereocenters. The molecule has 3 rings (SSSR count). The first-order valence-corrected chi connectivity index (χ1v) is 9.14. The second-order valence-electron chi connectivity index (χ2n) is 6.51. The van der Waals surface area contributed by atoms with Crippen molar-refractivity contribution in [1.82, 2.24) is 9.88 Å². The van der Waals surface area contributed by atoms with Crippen LogP contribution in [0.15, 0.2) is 36.5 Å². The molecule has 1 fully saturated rings. The number of piperidine rings is 1. The smallest absolute Gasteiger partial charge is 0.227 e. The number of nitriles is 1. The summed E-state index contributed by atoms with van der Waals surface area (Å²) >= 11 is 6.00. The van der Waals surface area contributed by atoms with Crippen LogP contribution in [-0.2, 0) is 11.2 Å². The Bertz CT molecular complexity index is 840. The number of rotatable bonds is 5. The van der Waals surface area contributed by atoms with E-state index in [9.17, 15) is 9.18 Å². The van der Waals surface area contributed by atoms with Gasteiger partial charge in [-0.05, 0) is 37.0 Å². The van der Waals surface area contributed by atoms with E-state index in [1.807, 2.05) is 0 Å². The summed E-state index contributed by atoms with van der Waals surface area (Å²) in [5, 5.41) is 9.17. The number of ether oxygens (including phenoxy) is 1. The van der Waals surface area contributed by atoms with Crippen molar-refractivity contribution in [2.75, 3.05) is 19.7 Å². The van der Waals surface area contributed by atoms with Gasteiger partial charge in [0.1, 0.15) is 5.82 Å². The van der Waals surface area contributed by atoms with Gasteiger partial charge in [-0.2, -0.15) is 5.26 Å². The van der Waals surface area contributed by atoms with Gasteiger partial charge in [0.15, 0.2) is 0 Å². The van der Waals surface area contributed by atoms with E-state index in [0.717, 1.165) is 12.8 Å². The first kappa shape index (κ1) is 19.1. The maximum absolute atomic E-state index is 13.9. The second kappa shape index (κ2) is 8.83. The predicted octanol–water partition coefficient (Wildman–Crippen LogP) is 3.61. The van der Waals surface area contributed by atoms with Gasteiger partial charge >= 0.3 is 0 Å². The van der Waals surface area contributed by atoms with Gasteiger partial charge in [-0.3, -0.25) is 4.79 Å². The molecule has 1 amide bonds. The molecular formula is C20H19ClFN3O2. The SMILES string of the molecule is N#Cc1ccnc(OCC2CCN(C(=O)Cc3c(F)cccc3Cl)CC2)c1. The Morgan fingerprint density at radius 2 is 2.15 bits per heavy atom. The Labute approximate surface area is 162 Å². The van der Waals surface area contributed by atoms with Gasteiger partial charge in [-0.1, -0.05) is 17.7 Å². The third-order valence-electron chi connectivity index (χ3n) is 4.69. The third kappa shape index (κ3) is 4.95. The highest BCUT2D eigenvalue weighted by atomic mass is 35.5. The maximum atomic E-state index is 13.9. The lowest BCUT2D eigenvalue weighted by molar-refractivity contribution is -0.132. The fraction of sp³-hybridized carbons (Fsp3) is 0.350. The zero-order valence-electron chi connectivity index (χ0n) is 14.7. The molecule has 1 aromatic heterocycles. The average Bonchev–Trinajstić information content (AvgIpc) is 2.69. The summed E-state index contributed by atoms with van der Waals surface area (Å²) in [6.07, 6.45) is 3.11. The molecule has 2 heterocycles. The molecule has 7 heteroatoms. The number of likely N-dealkylation sites (tertiary alicyclic amines) is 1. The summed E-state index contributed by atoms with van der Waals surface area (Å²) in [6, 6.07) is 9.71. The predicted molar refractivity (Wildman–Crippen MR) is 98.9 cm³/mol. The van der Waals surface area contributed by atoms with E-state index in [2.05, 4.69) is 11.1 Å². The first-order valence-electron chi connectivity index (χ1n) is 8.76. The molecule has 0 radical (unpaired) electrons. The quantitative estimate of drug-likeness (QED) is 0.786. The molecule has 1 aliphatic rings. The molecule has 0 spiro atoms. The number of aromatic nitrogens is 1. The van der Waals surface area contributed by atoms with Gasteiger partial charge in [0.25, 0.3) is 0 Å². The van der Waals surface area contributed by atoms with Gasteiger partial charge in [0.2, 0.25) is 11.8 Å². The molecule has 1 aliphatic heterocycles. The Morgan fingerprint density at radius 1 is 1.37 bits per heavy atom. The van der Waals surface area contributed by atoms with Crippen molar-refractivity contribution in [2.45, 2.75) is 19.3 Å². The summed E-state index contributed by atoms with van der Waals surface area (Å²) in [7, 11) is 0. The van der Waals surface area contributed by atoms with Crippen molar-refractivity contribution in [3.63, 3.8) is 0 Å². The van der Waals surface area contributed by atoms with E-state index in [4.69, 9.17) is 21.6 Å². The fourth-order valence-corrected chi connectivity index (χ4v) is 3.30. The van der Waals surface area contributed by atoms with Gasteiger partial charge in [-0.25, -0.2) is 9.37 Å². The van der Waals surface area contributed by atoms with Crippen LogP contribution in [0.3, 0.4) is 0 Å². The summed E-state index contributed by atoms with van der Waals surface area (Å²) in [5.41, 5.74) is 0.755. The van der Waals surface area contributed by atoms with Crippen LogP contribution in [0.4, 0.5) is 4.39 Å². The molecule has 140 valence electrons. The highest BCUT2D eigenvalue weighted by molar-refractivity contribution is 6.31. The van der Waals surface area contributed by atoms with Crippen LogP contribution in [0.2, 0.25) is 5.02 Å². The van der Waals surface area contributed by atoms with E-state index in [0.29, 0.717) is 37.1 Å². The van der Waals surface area contributed by atoms with E-state index in [1.165, 1.54) is 12.1 Å². The Balaban J connectivity index is 1.48. The summed E-state index contributed by atoms with van der Waals surface area (Å²) in [4.78, 5) is 18.3. The molecule has 5 nitrogen and oxygen atoms in total. The van der Waals surface area contributed by atoms with Crippen LogP contribution in [-0.4, -0.2) is 35.5 Å². The van der Waals surface area contributed by atoms with Crippen LogP contribution in [0.1, 0.15) is 24.0 Å². The molecule has 0 saturated carbocycles. The molecule has 0 N–H and O–H groups in total. The normalized spacial score (nSPS) is 14.6. The van der Waals surface area contributed by atoms with Crippen LogP contribution in [0, 0.1) is 23.1 Å². The van der Waals surface area contributed by atoms with Gasteiger partial charge in [-0.15, -0.1) is 0 Å². The Morgan fingerprint density at radius 3 is 2.85 bits per heavy atom. The van der Waals surface area contributed by atoms with Gasteiger partial charge in [0, 0.05) is 35.9 Å². The monoisotopic (exact) mass is 387 g/mol. The molecule has 1 aromatic carbocycles. The third-order valence-corrected chi connectivity index (χ3v) is 5.04. The van der Waals surface area contributed by atoms with Crippen molar-refractivity contribution in [3.8, 4) is 11.9 Å². The van der Waals surface area contributed by atoms with E-state index < -0.39 is 5.82 Å². The maximum Gasteiger partial charge on any atom is 0.227 e. The number of carbonyl (C=O) groups excluding carboxylic acids is 1. The lowest BCUT2D eigenvalue weighted by Crippen LogP contribution is -2.40. The van der Waals surface area contributed by atoms with Crippen LogP contribution in [0.5, 0.6) is 5.88 Å². The lowest BCUT2D eigenvalue weighted by atomic mass is 9.97. The number of hydrogen-bond acceptors (Lipinski definition) is 4. The summed E-state index contributed by atoms with van der Waals surface area (Å²) in [5.74, 6) is 0.163. The molecule has 0 bridgehead atoms. The van der Waals surface area contributed by atoms with Crippen molar-refractivity contribution in [2.24, 2.45) is 5.92 Å². The minimum Gasteiger partial charge on any atom is -0.477 e. The minimum atomic E-state index is -0.453. The highest BCUT2D eigenvalue weighted by Crippen LogP contribution is 2.23. The first-order chi connectivity index (χ1) is 13.1. The number of amides is 1. The molecular weight excluding hydrogens is 369 g/mol. The summed E-state index contributed by atoms with van der Waals surface area (Å²) < 4.78 is 19.5. The Kier molecular flexibility index (Phi) is 6.25. The largest absolute Gasteiger partial charge is 0.477 e. The van der Waals surface area contributed by atoms with Crippen molar-refractivity contribution in [3.05, 3.63) is 58.5 Å². The van der Waals surface area contributed by atoms with Crippen LogP contribution < -0.4 is 4.74 Å². The van der Waals surface area contributed by atoms with E-state index in [1.54, 1.807) is 29.3 Å². The van der Waals surface area contributed by atoms with Crippen molar-refractivity contribution < 1.29 is 13.9 Å². The Hall–Kier alpha value is -2.65. The number of carbonyl (C=O) groups is 1. The van der Waals surface area contributed by atoms with E-state index in [-0.39, 0.29) is 22.9 Å². The lowest BCUT2D eigenvalue weighted by Gasteiger charge is -2.32. The van der Waals surface area contributed by atoms with Crippen LogP contribution >= 0.6 is 11.6 Å². The molecule has 1 saturated heterocycles. The zero-order chi connectivity index (χ0) is 19.2. The number of benzene rings is 1. The topological polar surface area (TPSA) is 66.2 Å². The van der Waals surface area contributed by atoms with Crippen LogP contribution in [0.25, 0.3) is 0 Å². The molecule has 0 unspecified atom stereocenters. The standard InChI is InChI=1S/C20H19ClFN3O2/c21-17-2-1-3-18(22)16(17)11-20(26)25-8-5-14(6-9-25)13-27-19-10-15(12-23)4-7-24-19/h1-4,7,10,14H,5-6,8-9,11,13H2. The molecule has 2 aromatic rings. The molecule has 0 aliphatic carbocycles. The number of pyridine rings is 1. The number of hydrogen-bond donors (Lipinski definition) is 0. The van der Waals surface area contributed by atoms with Gasteiger partial charge in [0.05, 0.1) is 24.7 Å². The molecule has 27 heavy (non-hydrogen) atoms. The van der Waals surface area contributed by atoms with Gasteiger partial charge < -0.3 is 9.64 Å². The average molecular weight is 388 g/mol. The van der Waals surface area contributed by atoms with Crippen molar-refractivity contribution >= 4 is 17.5 Å².